The maximum absolute atomic E-state index is 5.98. The molecule has 2 aromatic carbocycles. The number of rotatable bonds is 5. The number of hydrogen-bond acceptors (Lipinski definition) is 5. The first-order chi connectivity index (χ1) is 11.9. The third-order valence-electron chi connectivity index (χ3n) is 4.22. The van der Waals surface area contributed by atoms with Crippen molar-refractivity contribution in [3.8, 4) is 17.1 Å². The molecule has 25 heavy (non-hydrogen) atoms. The lowest BCUT2D eigenvalue weighted by Crippen LogP contribution is -2.08. The van der Waals surface area contributed by atoms with Crippen LogP contribution in [0, 0.1) is 0 Å². The van der Waals surface area contributed by atoms with E-state index < -0.39 is 0 Å². The maximum Gasteiger partial charge on any atom is 0.231 e. The van der Waals surface area contributed by atoms with Gasteiger partial charge in [0.15, 0.2) is 0 Å². The average molecular weight is 358 g/mol. The number of ether oxygens (including phenoxy) is 1. The molecule has 0 saturated carbocycles. The van der Waals surface area contributed by atoms with Gasteiger partial charge in [-0.3, -0.25) is 0 Å². The van der Waals surface area contributed by atoms with Crippen LogP contribution in [0.2, 0.25) is 0 Å². The first kappa shape index (κ1) is 17.5. The van der Waals surface area contributed by atoms with Crippen molar-refractivity contribution >= 4 is 12.4 Å². The van der Waals surface area contributed by atoms with E-state index in [1.165, 1.54) is 0 Å². The van der Waals surface area contributed by atoms with Crippen LogP contribution in [0.4, 0.5) is 0 Å². The molecule has 0 spiro atoms. The highest BCUT2D eigenvalue weighted by molar-refractivity contribution is 5.85. The van der Waals surface area contributed by atoms with Gasteiger partial charge in [0.1, 0.15) is 12.4 Å². The molecule has 1 fully saturated rings. The number of benzene rings is 2. The second-order valence-electron chi connectivity index (χ2n) is 5.92. The number of para-hydroxylation sites is 1. The van der Waals surface area contributed by atoms with Gasteiger partial charge in [0, 0.05) is 6.54 Å². The van der Waals surface area contributed by atoms with E-state index in [2.05, 4.69) is 15.5 Å². The molecule has 0 radical (unpaired) electrons. The zero-order chi connectivity index (χ0) is 16.2. The van der Waals surface area contributed by atoms with Crippen molar-refractivity contribution in [2.45, 2.75) is 18.9 Å². The zero-order valence-electron chi connectivity index (χ0n) is 13.7. The fourth-order valence-corrected chi connectivity index (χ4v) is 2.89. The predicted octanol–water partition coefficient (Wildman–Crippen LogP) is 3.81. The molecule has 1 atom stereocenters. The van der Waals surface area contributed by atoms with E-state index in [9.17, 15) is 0 Å². The van der Waals surface area contributed by atoms with Gasteiger partial charge < -0.3 is 14.6 Å². The lowest BCUT2D eigenvalue weighted by molar-refractivity contribution is 0.307. The Balaban J connectivity index is 0.00000182. The third-order valence-corrected chi connectivity index (χ3v) is 4.22. The Morgan fingerprint density at radius 3 is 2.68 bits per heavy atom. The number of hydrogen-bond donors (Lipinski definition) is 1. The molecule has 2 heterocycles. The van der Waals surface area contributed by atoms with Crippen LogP contribution in [-0.2, 0) is 6.61 Å². The van der Waals surface area contributed by atoms with Gasteiger partial charge in [-0.25, -0.2) is 0 Å². The van der Waals surface area contributed by atoms with Crippen LogP contribution in [0.25, 0.3) is 11.4 Å². The molecule has 1 aromatic heterocycles. The lowest BCUT2D eigenvalue weighted by atomic mass is 10.1. The Morgan fingerprint density at radius 1 is 1.08 bits per heavy atom. The quantitative estimate of drug-likeness (QED) is 0.752. The van der Waals surface area contributed by atoms with Crippen molar-refractivity contribution in [3.05, 3.63) is 66.1 Å². The van der Waals surface area contributed by atoms with E-state index in [0.717, 1.165) is 36.4 Å². The number of nitrogens with zero attached hydrogens (tertiary/aromatic N) is 2. The van der Waals surface area contributed by atoms with E-state index in [-0.39, 0.29) is 12.4 Å². The molecule has 1 aliphatic heterocycles. The topological polar surface area (TPSA) is 60.2 Å². The molecule has 0 aliphatic carbocycles. The molecule has 0 bridgehead atoms. The summed E-state index contributed by atoms with van der Waals surface area (Å²) in [6, 6.07) is 17.9. The molecule has 130 valence electrons. The van der Waals surface area contributed by atoms with Crippen LogP contribution in [-0.4, -0.2) is 23.2 Å². The smallest absolute Gasteiger partial charge is 0.231 e. The van der Waals surface area contributed by atoms with E-state index in [0.29, 0.717) is 24.2 Å². The fourth-order valence-electron chi connectivity index (χ4n) is 2.89. The van der Waals surface area contributed by atoms with E-state index in [1.54, 1.807) is 0 Å². The van der Waals surface area contributed by atoms with Gasteiger partial charge in [0.05, 0.1) is 11.5 Å². The molecule has 5 nitrogen and oxygen atoms in total. The molecular formula is C19H20ClN3O2. The number of halogens is 1. The summed E-state index contributed by atoms with van der Waals surface area (Å²) < 4.78 is 11.4. The monoisotopic (exact) mass is 357 g/mol. The van der Waals surface area contributed by atoms with Crippen molar-refractivity contribution in [2.75, 3.05) is 13.1 Å². The Bertz CT molecular complexity index is 801. The van der Waals surface area contributed by atoms with Crippen LogP contribution < -0.4 is 10.1 Å². The Hall–Kier alpha value is -2.37. The van der Waals surface area contributed by atoms with Gasteiger partial charge >= 0.3 is 0 Å². The largest absolute Gasteiger partial charge is 0.488 e. The molecule has 0 unspecified atom stereocenters. The molecule has 6 heteroatoms. The van der Waals surface area contributed by atoms with Crippen molar-refractivity contribution in [1.82, 2.24) is 15.5 Å². The standard InChI is InChI=1S/C19H19N3O2.ClH/c1-2-6-14(7-3-1)13-23-17-9-5-4-8-16(17)18-21-19(24-22-18)15-10-11-20-12-15;/h1-9,15,20H,10-13H2;1H/t15-;/m1./s1. The summed E-state index contributed by atoms with van der Waals surface area (Å²) in [4.78, 5) is 4.58. The number of nitrogens with one attached hydrogen (secondary N) is 1. The van der Waals surface area contributed by atoms with Crippen LogP contribution in [0.5, 0.6) is 5.75 Å². The highest BCUT2D eigenvalue weighted by atomic mass is 35.5. The van der Waals surface area contributed by atoms with Crippen molar-refractivity contribution in [3.63, 3.8) is 0 Å². The molecule has 0 amide bonds. The maximum atomic E-state index is 5.98. The van der Waals surface area contributed by atoms with Crippen LogP contribution >= 0.6 is 12.4 Å². The van der Waals surface area contributed by atoms with Gasteiger partial charge in [-0.1, -0.05) is 47.6 Å². The van der Waals surface area contributed by atoms with Gasteiger partial charge in [-0.05, 0) is 30.7 Å². The minimum Gasteiger partial charge on any atom is -0.488 e. The minimum atomic E-state index is 0. The first-order valence-electron chi connectivity index (χ1n) is 8.20. The van der Waals surface area contributed by atoms with Gasteiger partial charge in [0.25, 0.3) is 0 Å². The lowest BCUT2D eigenvalue weighted by Gasteiger charge is -2.09. The second kappa shape index (κ2) is 8.14. The van der Waals surface area contributed by atoms with Crippen LogP contribution in [0.15, 0.2) is 59.1 Å². The Kier molecular flexibility index (Phi) is 5.68. The SMILES string of the molecule is Cl.c1ccc(COc2ccccc2-c2noc([C@@H]3CCNC3)n2)cc1. The molecule has 1 aliphatic rings. The predicted molar refractivity (Wildman–Crippen MR) is 98.0 cm³/mol. The highest BCUT2D eigenvalue weighted by Crippen LogP contribution is 2.30. The minimum absolute atomic E-state index is 0. The van der Waals surface area contributed by atoms with E-state index >= 15 is 0 Å². The summed E-state index contributed by atoms with van der Waals surface area (Å²) in [6.07, 6.45) is 1.04. The summed E-state index contributed by atoms with van der Waals surface area (Å²) in [7, 11) is 0. The van der Waals surface area contributed by atoms with Gasteiger partial charge in [-0.15, -0.1) is 12.4 Å². The van der Waals surface area contributed by atoms with E-state index in [1.807, 2.05) is 54.6 Å². The average Bonchev–Trinajstić information content (AvgIpc) is 3.32. The summed E-state index contributed by atoms with van der Waals surface area (Å²) in [6.45, 7) is 2.40. The molecule has 3 aromatic rings. The van der Waals surface area contributed by atoms with E-state index in [4.69, 9.17) is 9.26 Å². The zero-order valence-corrected chi connectivity index (χ0v) is 14.5. The first-order valence-corrected chi connectivity index (χ1v) is 8.20. The Morgan fingerprint density at radius 2 is 1.88 bits per heavy atom. The highest BCUT2D eigenvalue weighted by Gasteiger charge is 2.23. The molecule has 1 saturated heterocycles. The van der Waals surface area contributed by atoms with Crippen molar-refractivity contribution < 1.29 is 9.26 Å². The summed E-state index contributed by atoms with van der Waals surface area (Å²) in [5.74, 6) is 2.36. The Labute approximate surface area is 152 Å². The number of aromatic nitrogens is 2. The molecule has 1 N–H and O–H groups in total. The van der Waals surface area contributed by atoms with Crippen molar-refractivity contribution in [2.24, 2.45) is 0 Å². The van der Waals surface area contributed by atoms with Gasteiger partial charge in [0.2, 0.25) is 11.7 Å². The third kappa shape index (κ3) is 4.00. The second-order valence-corrected chi connectivity index (χ2v) is 5.92. The summed E-state index contributed by atoms with van der Waals surface area (Å²) in [5, 5.41) is 7.47. The summed E-state index contributed by atoms with van der Waals surface area (Å²) in [5.41, 5.74) is 1.98. The van der Waals surface area contributed by atoms with Crippen LogP contribution in [0.1, 0.15) is 23.8 Å². The summed E-state index contributed by atoms with van der Waals surface area (Å²) >= 11 is 0. The van der Waals surface area contributed by atoms with Gasteiger partial charge in [-0.2, -0.15) is 4.98 Å². The normalized spacial score (nSPS) is 16.4. The fraction of sp³-hybridized carbons (Fsp3) is 0.263. The molecule has 4 rings (SSSR count). The molecular weight excluding hydrogens is 338 g/mol. The van der Waals surface area contributed by atoms with Crippen molar-refractivity contribution in [1.29, 1.82) is 0 Å². The van der Waals surface area contributed by atoms with Crippen LogP contribution in [0.3, 0.4) is 0 Å².